The van der Waals surface area contributed by atoms with Crippen LogP contribution in [0.3, 0.4) is 0 Å². The van der Waals surface area contributed by atoms with E-state index in [1.54, 1.807) is 14.2 Å². The molecule has 3 heterocycles. The molecule has 6 nitrogen and oxygen atoms in total. The van der Waals surface area contributed by atoms with Crippen molar-refractivity contribution in [3.8, 4) is 22.9 Å². The van der Waals surface area contributed by atoms with Crippen molar-refractivity contribution in [3.63, 3.8) is 0 Å². The summed E-state index contributed by atoms with van der Waals surface area (Å²) >= 11 is 0. The Balaban J connectivity index is 1.71. The van der Waals surface area contributed by atoms with Crippen molar-refractivity contribution in [2.75, 3.05) is 27.4 Å². The molecule has 1 fully saturated rings. The smallest absolute Gasteiger partial charge is 0.171 e. The first-order chi connectivity index (χ1) is 13.7. The summed E-state index contributed by atoms with van der Waals surface area (Å²) < 4.78 is 19.3. The van der Waals surface area contributed by atoms with E-state index in [0.29, 0.717) is 24.0 Å². The van der Waals surface area contributed by atoms with Gasteiger partial charge in [0.1, 0.15) is 5.82 Å². The Bertz CT molecular complexity index is 939. The van der Waals surface area contributed by atoms with E-state index in [9.17, 15) is 0 Å². The minimum absolute atomic E-state index is 0.210. The summed E-state index contributed by atoms with van der Waals surface area (Å²) in [7, 11) is 3.32. The molecule has 0 bridgehead atoms. The molecular weight excluding hydrogens is 354 g/mol. The number of imidazole rings is 1. The van der Waals surface area contributed by atoms with Gasteiger partial charge in [0.25, 0.3) is 0 Å². The fourth-order valence-corrected chi connectivity index (χ4v) is 3.97. The number of nitrogens with zero attached hydrogens (tertiary/aromatic N) is 3. The normalized spacial score (nSPS) is 19.0. The van der Waals surface area contributed by atoms with E-state index in [1.165, 1.54) is 5.56 Å². The number of aryl methyl sites for hydroxylation is 1. The molecule has 0 N–H and O–H groups in total. The Morgan fingerprint density at radius 1 is 1.11 bits per heavy atom. The Labute approximate surface area is 165 Å². The molecule has 4 rings (SSSR count). The molecule has 0 spiro atoms. The number of rotatable bonds is 6. The molecule has 0 saturated carbocycles. The number of pyridine rings is 1. The lowest BCUT2D eigenvalue weighted by Crippen LogP contribution is -2.20. The summed E-state index contributed by atoms with van der Waals surface area (Å²) in [5.41, 5.74) is 3.30. The van der Waals surface area contributed by atoms with Gasteiger partial charge in [-0.05, 0) is 48.7 Å². The average Bonchev–Trinajstić information content (AvgIpc) is 3.37. The molecule has 1 aromatic carbocycles. The van der Waals surface area contributed by atoms with Gasteiger partial charge in [0.2, 0.25) is 0 Å². The van der Waals surface area contributed by atoms with Gasteiger partial charge in [-0.3, -0.25) is 4.98 Å². The van der Waals surface area contributed by atoms with Crippen molar-refractivity contribution in [1.29, 1.82) is 0 Å². The highest BCUT2D eigenvalue weighted by molar-refractivity contribution is 5.70. The zero-order valence-electron chi connectivity index (χ0n) is 16.5. The van der Waals surface area contributed by atoms with Crippen molar-refractivity contribution < 1.29 is 14.2 Å². The SMILES string of the molecule is COc1cc(C)cc(-c2nccn2[C@@H]2COC[C@H]2Cc2ccncc2)c1OC. The zero-order chi connectivity index (χ0) is 19.5. The molecule has 2 aromatic heterocycles. The van der Waals surface area contributed by atoms with Crippen LogP contribution in [0.15, 0.2) is 49.1 Å². The molecule has 2 atom stereocenters. The minimum Gasteiger partial charge on any atom is -0.493 e. The Kier molecular flexibility index (Phi) is 5.30. The maximum atomic E-state index is 5.86. The number of hydrogen-bond donors (Lipinski definition) is 0. The first kappa shape index (κ1) is 18.5. The second kappa shape index (κ2) is 8.02. The van der Waals surface area contributed by atoms with Gasteiger partial charge in [0.05, 0.1) is 39.0 Å². The molecule has 0 unspecified atom stereocenters. The van der Waals surface area contributed by atoms with E-state index in [4.69, 9.17) is 14.2 Å². The Morgan fingerprint density at radius 3 is 2.68 bits per heavy atom. The fraction of sp³-hybridized carbons (Fsp3) is 0.364. The molecule has 1 saturated heterocycles. The predicted octanol–water partition coefficient (Wildman–Crippen LogP) is 3.70. The van der Waals surface area contributed by atoms with Crippen molar-refractivity contribution in [3.05, 3.63) is 60.2 Å². The highest BCUT2D eigenvalue weighted by Gasteiger charge is 2.32. The topological polar surface area (TPSA) is 58.4 Å². The number of ether oxygens (including phenoxy) is 3. The van der Waals surface area contributed by atoms with Crippen LogP contribution in [0.2, 0.25) is 0 Å². The lowest BCUT2D eigenvalue weighted by Gasteiger charge is -2.22. The second-order valence-corrected chi connectivity index (χ2v) is 7.13. The van der Waals surface area contributed by atoms with E-state index in [-0.39, 0.29) is 6.04 Å². The standard InChI is InChI=1S/C22H25N3O3/c1-15-10-18(21(27-3)20(11-15)26-2)22-24-8-9-25(22)19-14-28-13-17(19)12-16-4-6-23-7-5-16/h4-11,17,19H,12-14H2,1-3H3/t17-,19-/m1/s1. The number of hydrogen-bond acceptors (Lipinski definition) is 5. The first-order valence-electron chi connectivity index (χ1n) is 9.43. The highest BCUT2D eigenvalue weighted by atomic mass is 16.5. The third kappa shape index (κ3) is 3.47. The maximum absolute atomic E-state index is 5.86. The lowest BCUT2D eigenvalue weighted by atomic mass is 9.95. The third-order valence-corrected chi connectivity index (χ3v) is 5.30. The van der Waals surface area contributed by atoms with E-state index in [0.717, 1.165) is 30.0 Å². The van der Waals surface area contributed by atoms with Crippen LogP contribution in [0, 0.1) is 12.8 Å². The van der Waals surface area contributed by atoms with Crippen LogP contribution in [0.5, 0.6) is 11.5 Å². The van der Waals surface area contributed by atoms with Crippen molar-refractivity contribution >= 4 is 0 Å². The molecule has 146 valence electrons. The summed E-state index contributed by atoms with van der Waals surface area (Å²) in [6, 6.07) is 8.41. The molecule has 28 heavy (non-hydrogen) atoms. The molecule has 0 aliphatic carbocycles. The molecule has 3 aromatic rings. The van der Waals surface area contributed by atoms with Gasteiger partial charge < -0.3 is 18.8 Å². The summed E-state index contributed by atoms with van der Waals surface area (Å²) in [4.78, 5) is 8.77. The Morgan fingerprint density at radius 2 is 1.93 bits per heavy atom. The summed E-state index contributed by atoms with van der Waals surface area (Å²) in [6.07, 6.45) is 8.49. The van der Waals surface area contributed by atoms with Crippen LogP contribution in [0.4, 0.5) is 0 Å². The molecule has 0 radical (unpaired) electrons. The maximum Gasteiger partial charge on any atom is 0.171 e. The zero-order valence-corrected chi connectivity index (χ0v) is 16.5. The molecular formula is C22H25N3O3. The summed E-state index contributed by atoms with van der Waals surface area (Å²) in [5, 5.41) is 0. The van der Waals surface area contributed by atoms with Gasteiger partial charge in [0.15, 0.2) is 11.5 Å². The monoisotopic (exact) mass is 379 g/mol. The predicted molar refractivity (Wildman–Crippen MR) is 107 cm³/mol. The van der Waals surface area contributed by atoms with E-state index >= 15 is 0 Å². The van der Waals surface area contributed by atoms with Gasteiger partial charge in [-0.15, -0.1) is 0 Å². The Hall–Kier alpha value is -2.86. The van der Waals surface area contributed by atoms with Crippen molar-refractivity contribution in [2.45, 2.75) is 19.4 Å². The third-order valence-electron chi connectivity index (χ3n) is 5.30. The van der Waals surface area contributed by atoms with Crippen LogP contribution in [0.25, 0.3) is 11.4 Å². The molecule has 6 heteroatoms. The number of aromatic nitrogens is 3. The van der Waals surface area contributed by atoms with E-state index in [2.05, 4.69) is 32.7 Å². The minimum atomic E-state index is 0.210. The largest absolute Gasteiger partial charge is 0.493 e. The lowest BCUT2D eigenvalue weighted by molar-refractivity contribution is 0.181. The van der Waals surface area contributed by atoms with Gasteiger partial charge in [-0.2, -0.15) is 0 Å². The van der Waals surface area contributed by atoms with Crippen molar-refractivity contribution in [1.82, 2.24) is 14.5 Å². The summed E-state index contributed by atoms with van der Waals surface area (Å²) in [5.74, 6) is 2.65. The fourth-order valence-electron chi connectivity index (χ4n) is 3.97. The molecule has 0 amide bonds. The first-order valence-corrected chi connectivity index (χ1v) is 9.43. The highest BCUT2D eigenvalue weighted by Crippen LogP contribution is 2.40. The van der Waals surface area contributed by atoms with Gasteiger partial charge in [-0.25, -0.2) is 4.98 Å². The van der Waals surface area contributed by atoms with Crippen LogP contribution >= 0.6 is 0 Å². The van der Waals surface area contributed by atoms with Crippen LogP contribution in [0.1, 0.15) is 17.2 Å². The average molecular weight is 379 g/mol. The molecule has 1 aliphatic rings. The second-order valence-electron chi connectivity index (χ2n) is 7.13. The van der Waals surface area contributed by atoms with Gasteiger partial charge in [0, 0.05) is 30.7 Å². The van der Waals surface area contributed by atoms with Crippen LogP contribution in [-0.2, 0) is 11.2 Å². The van der Waals surface area contributed by atoms with Crippen LogP contribution in [-0.4, -0.2) is 42.0 Å². The van der Waals surface area contributed by atoms with E-state index in [1.807, 2.05) is 37.8 Å². The summed E-state index contributed by atoms with van der Waals surface area (Å²) in [6.45, 7) is 3.45. The quantitative estimate of drug-likeness (QED) is 0.654. The van der Waals surface area contributed by atoms with E-state index < -0.39 is 0 Å². The van der Waals surface area contributed by atoms with Crippen LogP contribution < -0.4 is 9.47 Å². The van der Waals surface area contributed by atoms with Crippen molar-refractivity contribution in [2.24, 2.45) is 5.92 Å². The van der Waals surface area contributed by atoms with Gasteiger partial charge >= 0.3 is 0 Å². The number of benzene rings is 1. The van der Waals surface area contributed by atoms with Gasteiger partial charge in [-0.1, -0.05) is 0 Å². The number of methoxy groups -OCH3 is 2. The molecule has 1 aliphatic heterocycles.